The van der Waals surface area contributed by atoms with E-state index in [-0.39, 0.29) is 40.8 Å². The van der Waals surface area contributed by atoms with E-state index >= 15 is 0 Å². The lowest BCUT2D eigenvalue weighted by Crippen LogP contribution is -2.49. The maximum atomic E-state index is 13.1. The second-order valence-electron chi connectivity index (χ2n) is 9.03. The summed E-state index contributed by atoms with van der Waals surface area (Å²) in [7, 11) is 1.16. The van der Waals surface area contributed by atoms with Crippen LogP contribution in [0.5, 0.6) is 5.75 Å². The third-order valence-electron chi connectivity index (χ3n) is 6.39. The third-order valence-corrected chi connectivity index (χ3v) is 6.99. The number of anilines is 1. The zero-order valence-corrected chi connectivity index (χ0v) is 23.4. The molecule has 4 rings (SSSR count). The SMILES string of the molecule is COC(=O)[C@H](CNC(=O)CCN1CCOc2ccc([N+](=O)[O-])cc21)NC(=O)c1c(Cl)cc(-c2ccccc2)cc1Cl. The summed E-state index contributed by atoms with van der Waals surface area (Å²) in [6.45, 7) is 0.796. The van der Waals surface area contributed by atoms with Crippen LogP contribution in [-0.4, -0.2) is 62.1 Å². The standard InChI is InChI=1S/C28H26Cl2N4O7/c1-40-28(37)22(32-27(36)26-20(29)13-18(14-21(26)30)17-5-3-2-4-6-17)16-31-25(35)9-10-33-11-12-41-24-8-7-19(34(38)39)15-23(24)33/h2-8,13-15,22H,9-12,16H2,1H3,(H,31,35)(H,32,36)/t22-/m0/s1. The number of hydrogen-bond acceptors (Lipinski definition) is 8. The van der Waals surface area contributed by atoms with Crippen molar-refractivity contribution < 1.29 is 28.8 Å². The van der Waals surface area contributed by atoms with Gasteiger partial charge in [-0.3, -0.25) is 19.7 Å². The predicted octanol–water partition coefficient (Wildman–Crippen LogP) is 4.25. The van der Waals surface area contributed by atoms with Crippen LogP contribution in [-0.2, 0) is 14.3 Å². The fourth-order valence-electron chi connectivity index (χ4n) is 4.30. The van der Waals surface area contributed by atoms with Gasteiger partial charge in [0.25, 0.3) is 11.6 Å². The summed E-state index contributed by atoms with van der Waals surface area (Å²) in [5, 5.41) is 16.5. The van der Waals surface area contributed by atoms with Crippen molar-refractivity contribution in [2.45, 2.75) is 12.5 Å². The van der Waals surface area contributed by atoms with Gasteiger partial charge < -0.3 is 25.0 Å². The number of amides is 2. The van der Waals surface area contributed by atoms with E-state index in [4.69, 9.17) is 32.7 Å². The molecule has 13 heteroatoms. The minimum atomic E-state index is -1.22. The van der Waals surface area contributed by atoms with Crippen LogP contribution >= 0.6 is 23.2 Å². The van der Waals surface area contributed by atoms with Crippen molar-refractivity contribution >= 4 is 52.4 Å². The summed E-state index contributed by atoms with van der Waals surface area (Å²) in [6.07, 6.45) is 0.0164. The number of nitro groups is 1. The molecule has 2 N–H and O–H groups in total. The molecule has 3 aromatic carbocycles. The number of nitrogens with one attached hydrogen (secondary N) is 2. The van der Waals surface area contributed by atoms with E-state index in [0.29, 0.717) is 30.2 Å². The number of non-ortho nitro benzene ring substituents is 1. The fraction of sp³-hybridized carbons (Fsp3) is 0.250. The second kappa shape index (κ2) is 13.3. The molecule has 1 aliphatic rings. The smallest absolute Gasteiger partial charge is 0.330 e. The Morgan fingerprint density at radius 2 is 1.78 bits per heavy atom. The van der Waals surface area contributed by atoms with Crippen molar-refractivity contribution in [3.8, 4) is 16.9 Å². The Kier molecular flexibility index (Phi) is 9.64. The van der Waals surface area contributed by atoms with Gasteiger partial charge in [0, 0.05) is 31.6 Å². The number of nitrogens with zero attached hydrogens (tertiary/aromatic N) is 2. The van der Waals surface area contributed by atoms with Crippen molar-refractivity contribution in [2.75, 3.05) is 38.3 Å². The van der Waals surface area contributed by atoms with E-state index in [1.165, 1.54) is 18.2 Å². The van der Waals surface area contributed by atoms with Crippen LogP contribution in [0.1, 0.15) is 16.8 Å². The highest BCUT2D eigenvalue weighted by atomic mass is 35.5. The molecule has 0 saturated carbocycles. The quantitative estimate of drug-likeness (QED) is 0.200. The number of fused-ring (bicyclic) bond motifs is 1. The van der Waals surface area contributed by atoms with E-state index in [9.17, 15) is 24.5 Å². The fourth-order valence-corrected chi connectivity index (χ4v) is 4.96. The van der Waals surface area contributed by atoms with Gasteiger partial charge in [0.1, 0.15) is 18.4 Å². The zero-order chi connectivity index (χ0) is 29.5. The minimum absolute atomic E-state index is 0.0164. The number of rotatable bonds is 10. The first kappa shape index (κ1) is 29.6. The highest BCUT2D eigenvalue weighted by molar-refractivity contribution is 6.40. The average Bonchev–Trinajstić information content (AvgIpc) is 2.97. The molecular formula is C28H26Cl2N4O7. The number of methoxy groups -OCH3 is 1. The average molecular weight is 601 g/mol. The van der Waals surface area contributed by atoms with Gasteiger partial charge in [-0.1, -0.05) is 53.5 Å². The first-order valence-electron chi connectivity index (χ1n) is 12.5. The van der Waals surface area contributed by atoms with Crippen LogP contribution in [0.3, 0.4) is 0 Å². The molecule has 11 nitrogen and oxygen atoms in total. The van der Waals surface area contributed by atoms with E-state index in [1.807, 2.05) is 35.2 Å². The van der Waals surface area contributed by atoms with Gasteiger partial charge in [-0.15, -0.1) is 0 Å². The topological polar surface area (TPSA) is 140 Å². The van der Waals surface area contributed by atoms with Crippen LogP contribution in [0.25, 0.3) is 11.1 Å². The maximum absolute atomic E-state index is 13.1. The van der Waals surface area contributed by atoms with E-state index < -0.39 is 28.7 Å². The first-order chi connectivity index (χ1) is 19.7. The molecule has 0 saturated heterocycles. The molecule has 0 radical (unpaired) electrons. The van der Waals surface area contributed by atoms with Gasteiger partial charge >= 0.3 is 5.97 Å². The number of nitro benzene ring substituents is 1. The van der Waals surface area contributed by atoms with E-state index in [2.05, 4.69) is 10.6 Å². The highest BCUT2D eigenvalue weighted by Crippen LogP contribution is 2.35. The van der Waals surface area contributed by atoms with Crippen molar-refractivity contribution in [1.82, 2.24) is 10.6 Å². The number of ether oxygens (including phenoxy) is 2. The van der Waals surface area contributed by atoms with E-state index in [0.717, 1.165) is 12.7 Å². The number of carbonyl (C=O) groups is 3. The molecule has 0 unspecified atom stereocenters. The Labute approximate surface area is 245 Å². The number of carbonyl (C=O) groups excluding carboxylic acids is 3. The number of benzene rings is 3. The van der Waals surface area contributed by atoms with Crippen LogP contribution in [0.15, 0.2) is 60.7 Å². The molecule has 0 fully saturated rings. The van der Waals surface area contributed by atoms with Crippen molar-refractivity contribution in [2.24, 2.45) is 0 Å². The molecular weight excluding hydrogens is 575 g/mol. The normalized spacial score (nSPS) is 12.9. The largest absolute Gasteiger partial charge is 0.490 e. The number of hydrogen-bond donors (Lipinski definition) is 2. The third kappa shape index (κ3) is 7.24. The van der Waals surface area contributed by atoms with Crippen LogP contribution < -0.4 is 20.3 Å². The summed E-state index contributed by atoms with van der Waals surface area (Å²) in [5.41, 5.74) is 1.98. The van der Waals surface area contributed by atoms with Gasteiger partial charge in [-0.2, -0.15) is 0 Å². The summed E-state index contributed by atoms with van der Waals surface area (Å²) in [6, 6.07) is 15.6. The first-order valence-corrected chi connectivity index (χ1v) is 13.3. The number of halogens is 2. The molecule has 0 aliphatic carbocycles. The zero-order valence-electron chi connectivity index (χ0n) is 21.9. The summed E-state index contributed by atoms with van der Waals surface area (Å²) < 4.78 is 10.4. The highest BCUT2D eigenvalue weighted by Gasteiger charge is 2.26. The summed E-state index contributed by atoms with van der Waals surface area (Å²) in [4.78, 5) is 50.6. The molecule has 3 aromatic rings. The Morgan fingerprint density at radius 1 is 1.07 bits per heavy atom. The van der Waals surface area contributed by atoms with Gasteiger partial charge in [0.2, 0.25) is 5.91 Å². The lowest BCUT2D eigenvalue weighted by molar-refractivity contribution is -0.384. The molecule has 214 valence electrons. The van der Waals surface area contributed by atoms with Crippen molar-refractivity contribution in [1.29, 1.82) is 0 Å². The van der Waals surface area contributed by atoms with E-state index in [1.54, 1.807) is 12.1 Å². The molecule has 41 heavy (non-hydrogen) atoms. The molecule has 0 bridgehead atoms. The summed E-state index contributed by atoms with van der Waals surface area (Å²) >= 11 is 12.8. The van der Waals surface area contributed by atoms with Crippen molar-refractivity contribution in [3.63, 3.8) is 0 Å². The molecule has 1 atom stereocenters. The van der Waals surface area contributed by atoms with Crippen molar-refractivity contribution in [3.05, 3.63) is 86.4 Å². The Morgan fingerprint density at radius 3 is 2.44 bits per heavy atom. The van der Waals surface area contributed by atoms with Gasteiger partial charge in [-0.25, -0.2) is 4.79 Å². The van der Waals surface area contributed by atoms with Crippen LogP contribution in [0.2, 0.25) is 10.0 Å². The monoisotopic (exact) mass is 600 g/mol. The maximum Gasteiger partial charge on any atom is 0.330 e. The molecule has 0 aromatic heterocycles. The summed E-state index contributed by atoms with van der Waals surface area (Å²) in [5.74, 6) is -1.41. The number of esters is 1. The lowest BCUT2D eigenvalue weighted by atomic mass is 10.0. The predicted molar refractivity (Wildman–Crippen MR) is 154 cm³/mol. The Hall–Kier alpha value is -4.35. The minimum Gasteiger partial charge on any atom is -0.490 e. The second-order valence-corrected chi connectivity index (χ2v) is 9.84. The Bertz CT molecular complexity index is 1450. The molecule has 1 heterocycles. The van der Waals surface area contributed by atoms with Gasteiger partial charge in [-0.05, 0) is 29.3 Å². The molecule has 1 aliphatic heterocycles. The lowest BCUT2D eigenvalue weighted by Gasteiger charge is -2.30. The van der Waals surface area contributed by atoms with Gasteiger partial charge in [0.15, 0.2) is 0 Å². The van der Waals surface area contributed by atoms with Crippen LogP contribution in [0.4, 0.5) is 11.4 Å². The van der Waals surface area contributed by atoms with Gasteiger partial charge in [0.05, 0.1) is 39.9 Å². The Balaban J connectivity index is 1.38. The van der Waals surface area contributed by atoms with Crippen LogP contribution in [0, 0.1) is 10.1 Å². The molecule has 0 spiro atoms. The molecule has 2 amide bonds.